The number of pyridine rings is 1. The van der Waals surface area contributed by atoms with Crippen molar-refractivity contribution < 1.29 is 4.84 Å². The topological polar surface area (TPSA) is 91.0 Å². The van der Waals surface area contributed by atoms with Crippen LogP contribution in [-0.4, -0.2) is 25.8 Å². The number of aromatic nitrogens is 4. The van der Waals surface area contributed by atoms with Crippen molar-refractivity contribution in [2.24, 2.45) is 10.9 Å². The normalized spacial score (nSPS) is 22.4. The van der Waals surface area contributed by atoms with Crippen LogP contribution in [0.2, 0.25) is 0 Å². The molecule has 7 heteroatoms. The SMILES string of the molecule is c1cc2c(ncc3[nH]c(C4N=C(C5CC5)NO4)nc32)[nH]1. The van der Waals surface area contributed by atoms with Crippen LogP contribution in [0.3, 0.4) is 0 Å². The molecule has 0 aromatic carbocycles. The zero-order chi connectivity index (χ0) is 13.1. The molecule has 0 bridgehead atoms. The smallest absolute Gasteiger partial charge is 0.234 e. The molecule has 3 aromatic rings. The quantitative estimate of drug-likeness (QED) is 0.660. The predicted octanol–water partition coefficient (Wildman–Crippen LogP) is 1.78. The van der Waals surface area contributed by atoms with Crippen molar-refractivity contribution >= 4 is 27.9 Å². The zero-order valence-corrected chi connectivity index (χ0v) is 10.6. The lowest BCUT2D eigenvalue weighted by Crippen LogP contribution is -2.18. The standard InChI is InChI=1S/C13H12N6O/c1-2-6(1)10-18-13(20-19-10)12-16-8-5-15-11-7(3-4-14-11)9(8)17-12/h3-6,13H,1-2H2,(H,14,15)(H,16,17)(H,18,19). The van der Waals surface area contributed by atoms with Gasteiger partial charge in [0, 0.05) is 17.5 Å². The van der Waals surface area contributed by atoms with Crippen LogP contribution in [0, 0.1) is 5.92 Å². The number of imidazole rings is 1. The Labute approximate surface area is 113 Å². The number of aromatic amines is 2. The molecule has 1 aliphatic heterocycles. The third-order valence-corrected chi connectivity index (χ3v) is 3.78. The van der Waals surface area contributed by atoms with Crippen molar-refractivity contribution in [3.8, 4) is 0 Å². The summed E-state index contributed by atoms with van der Waals surface area (Å²) in [5, 5.41) is 1.00. The Morgan fingerprint density at radius 1 is 1.30 bits per heavy atom. The summed E-state index contributed by atoms with van der Waals surface area (Å²) in [6, 6.07) is 1.97. The first-order chi connectivity index (χ1) is 9.88. The van der Waals surface area contributed by atoms with Gasteiger partial charge in [0.25, 0.3) is 0 Å². The van der Waals surface area contributed by atoms with E-state index in [9.17, 15) is 0 Å². The van der Waals surface area contributed by atoms with Gasteiger partial charge in [-0.25, -0.2) is 25.3 Å². The van der Waals surface area contributed by atoms with Crippen LogP contribution in [0.25, 0.3) is 22.1 Å². The van der Waals surface area contributed by atoms with E-state index >= 15 is 0 Å². The number of nitrogens with zero attached hydrogens (tertiary/aromatic N) is 3. The van der Waals surface area contributed by atoms with Crippen molar-refractivity contribution in [3.63, 3.8) is 0 Å². The molecule has 7 nitrogen and oxygen atoms in total. The van der Waals surface area contributed by atoms with Gasteiger partial charge in [0.15, 0.2) is 5.82 Å². The minimum atomic E-state index is -0.396. The van der Waals surface area contributed by atoms with E-state index in [-0.39, 0.29) is 0 Å². The largest absolute Gasteiger partial charge is 0.346 e. The van der Waals surface area contributed by atoms with Gasteiger partial charge < -0.3 is 9.97 Å². The van der Waals surface area contributed by atoms with Crippen LogP contribution >= 0.6 is 0 Å². The van der Waals surface area contributed by atoms with E-state index < -0.39 is 6.23 Å². The van der Waals surface area contributed by atoms with E-state index in [0.717, 1.165) is 27.9 Å². The summed E-state index contributed by atoms with van der Waals surface area (Å²) in [4.78, 5) is 25.3. The summed E-state index contributed by atoms with van der Waals surface area (Å²) in [7, 11) is 0. The lowest BCUT2D eigenvalue weighted by Gasteiger charge is -2.00. The van der Waals surface area contributed by atoms with E-state index in [4.69, 9.17) is 4.84 Å². The summed E-state index contributed by atoms with van der Waals surface area (Å²) in [6.07, 6.45) is 5.62. The van der Waals surface area contributed by atoms with Gasteiger partial charge in [-0.3, -0.25) is 0 Å². The maximum atomic E-state index is 5.50. The van der Waals surface area contributed by atoms with Crippen molar-refractivity contribution in [2.75, 3.05) is 0 Å². The molecule has 1 atom stereocenters. The first kappa shape index (κ1) is 10.4. The van der Waals surface area contributed by atoms with Crippen molar-refractivity contribution in [3.05, 3.63) is 24.3 Å². The maximum Gasteiger partial charge on any atom is 0.234 e. The Hall–Kier alpha value is -2.41. The fourth-order valence-corrected chi connectivity index (χ4v) is 2.57. The van der Waals surface area contributed by atoms with Gasteiger partial charge in [0.2, 0.25) is 6.23 Å². The fraction of sp³-hybridized carbons (Fsp3) is 0.308. The molecule has 1 unspecified atom stereocenters. The number of fused-ring (bicyclic) bond motifs is 3. The van der Waals surface area contributed by atoms with Crippen LogP contribution in [0.5, 0.6) is 0 Å². The monoisotopic (exact) mass is 268 g/mol. The van der Waals surface area contributed by atoms with Gasteiger partial charge in [-0.1, -0.05) is 0 Å². The van der Waals surface area contributed by atoms with E-state index in [1.165, 1.54) is 12.8 Å². The average molecular weight is 268 g/mol. The summed E-state index contributed by atoms with van der Waals surface area (Å²) >= 11 is 0. The Balaban J connectivity index is 1.62. The number of hydrogen-bond donors (Lipinski definition) is 3. The molecule has 2 aliphatic rings. The molecule has 3 N–H and O–H groups in total. The number of rotatable bonds is 2. The molecule has 0 spiro atoms. The van der Waals surface area contributed by atoms with Gasteiger partial charge in [-0.2, -0.15) is 0 Å². The number of amidine groups is 1. The summed E-state index contributed by atoms with van der Waals surface area (Å²) in [5.41, 5.74) is 5.54. The van der Waals surface area contributed by atoms with E-state index in [2.05, 4.69) is 30.4 Å². The number of hydroxylamine groups is 1. The van der Waals surface area contributed by atoms with Crippen LogP contribution in [-0.2, 0) is 4.84 Å². The average Bonchev–Trinajstić information content (AvgIpc) is 2.94. The lowest BCUT2D eigenvalue weighted by molar-refractivity contribution is 0.0321. The first-order valence-corrected chi connectivity index (χ1v) is 6.69. The van der Waals surface area contributed by atoms with E-state index in [0.29, 0.717) is 11.7 Å². The van der Waals surface area contributed by atoms with Gasteiger partial charge in [-0.15, -0.1) is 0 Å². The second-order valence-electron chi connectivity index (χ2n) is 5.24. The molecule has 1 saturated carbocycles. The molecule has 1 fully saturated rings. The van der Waals surface area contributed by atoms with Gasteiger partial charge in [0.1, 0.15) is 17.0 Å². The highest BCUT2D eigenvalue weighted by atomic mass is 16.7. The highest BCUT2D eigenvalue weighted by molar-refractivity contribution is 6.00. The highest BCUT2D eigenvalue weighted by Crippen LogP contribution is 2.34. The molecule has 5 rings (SSSR count). The molecular weight excluding hydrogens is 256 g/mol. The highest BCUT2D eigenvalue weighted by Gasteiger charge is 2.33. The van der Waals surface area contributed by atoms with Crippen molar-refractivity contribution in [2.45, 2.75) is 19.1 Å². The van der Waals surface area contributed by atoms with Crippen molar-refractivity contribution in [1.82, 2.24) is 25.4 Å². The van der Waals surface area contributed by atoms with E-state index in [1.54, 1.807) is 6.20 Å². The van der Waals surface area contributed by atoms with Crippen LogP contribution in [0.15, 0.2) is 23.5 Å². The third kappa shape index (κ3) is 1.41. The molecule has 4 heterocycles. The van der Waals surface area contributed by atoms with Gasteiger partial charge >= 0.3 is 0 Å². The number of hydrogen-bond acceptors (Lipinski definition) is 5. The molecule has 100 valence electrons. The molecule has 20 heavy (non-hydrogen) atoms. The minimum Gasteiger partial charge on any atom is -0.346 e. The van der Waals surface area contributed by atoms with Crippen LogP contribution in [0.1, 0.15) is 24.9 Å². The molecular formula is C13H12N6O. The molecule has 0 radical (unpaired) electrons. The van der Waals surface area contributed by atoms with Gasteiger partial charge in [0.05, 0.1) is 11.7 Å². The predicted molar refractivity (Wildman–Crippen MR) is 72.9 cm³/mol. The van der Waals surface area contributed by atoms with Crippen molar-refractivity contribution in [1.29, 1.82) is 0 Å². The Morgan fingerprint density at radius 3 is 3.15 bits per heavy atom. The molecule has 3 aromatic heterocycles. The maximum absolute atomic E-state index is 5.50. The zero-order valence-electron chi connectivity index (χ0n) is 10.6. The first-order valence-electron chi connectivity index (χ1n) is 6.69. The number of aliphatic imine (C=N–C) groups is 1. The lowest BCUT2D eigenvalue weighted by atomic mass is 10.3. The summed E-state index contributed by atoms with van der Waals surface area (Å²) in [5.74, 6) is 2.20. The molecule has 1 aliphatic carbocycles. The number of nitrogens with one attached hydrogen (secondary N) is 3. The number of H-pyrrole nitrogens is 2. The summed E-state index contributed by atoms with van der Waals surface area (Å²) < 4.78 is 0. The van der Waals surface area contributed by atoms with Crippen LogP contribution < -0.4 is 5.48 Å². The summed E-state index contributed by atoms with van der Waals surface area (Å²) in [6.45, 7) is 0. The van der Waals surface area contributed by atoms with E-state index in [1.807, 2.05) is 12.3 Å². The fourth-order valence-electron chi connectivity index (χ4n) is 2.57. The molecule has 0 saturated heterocycles. The molecule has 0 amide bonds. The Bertz CT molecular complexity index is 843. The Kier molecular flexibility index (Phi) is 1.86. The second-order valence-corrected chi connectivity index (χ2v) is 5.24. The second kappa shape index (κ2) is 3.57. The Morgan fingerprint density at radius 2 is 2.25 bits per heavy atom. The van der Waals surface area contributed by atoms with Crippen LogP contribution in [0.4, 0.5) is 0 Å². The minimum absolute atomic E-state index is 0.396. The third-order valence-electron chi connectivity index (χ3n) is 3.78. The van der Waals surface area contributed by atoms with Gasteiger partial charge in [-0.05, 0) is 18.9 Å².